The zero-order valence-electron chi connectivity index (χ0n) is 11.3. The maximum Gasteiger partial charge on any atom is 0.343 e. The van der Waals surface area contributed by atoms with Crippen molar-refractivity contribution in [3.05, 3.63) is 30.2 Å². The molecule has 0 N–H and O–H groups in total. The van der Waals surface area contributed by atoms with E-state index in [0.717, 1.165) is 0 Å². The molecule has 0 aliphatic carbocycles. The van der Waals surface area contributed by atoms with Gasteiger partial charge < -0.3 is 9.64 Å². The average molecular weight is 249 g/mol. The van der Waals surface area contributed by atoms with Crippen LogP contribution in [0.5, 0.6) is 0 Å². The van der Waals surface area contributed by atoms with E-state index in [4.69, 9.17) is 4.74 Å². The van der Waals surface area contributed by atoms with Gasteiger partial charge in [0.25, 0.3) is 0 Å². The van der Waals surface area contributed by atoms with Crippen LogP contribution < -0.4 is 4.90 Å². The van der Waals surface area contributed by atoms with Crippen LogP contribution in [0.15, 0.2) is 18.9 Å². The second-order valence-corrected chi connectivity index (χ2v) is 4.18. The van der Waals surface area contributed by atoms with E-state index in [-0.39, 0.29) is 6.04 Å². The molecular weight excluding hydrogens is 230 g/mol. The molecule has 98 valence electrons. The van der Waals surface area contributed by atoms with Crippen LogP contribution in [0.4, 0.5) is 5.82 Å². The molecule has 0 amide bonds. The van der Waals surface area contributed by atoms with E-state index in [2.05, 4.69) is 16.5 Å². The summed E-state index contributed by atoms with van der Waals surface area (Å²) in [4.78, 5) is 22.1. The van der Waals surface area contributed by atoms with E-state index in [0.29, 0.717) is 23.8 Å². The number of carbonyl (C=O) groups is 1. The maximum absolute atomic E-state index is 11.7. The molecule has 1 aromatic rings. The van der Waals surface area contributed by atoms with Crippen LogP contribution in [-0.2, 0) is 4.74 Å². The van der Waals surface area contributed by atoms with Crippen LogP contribution in [-0.4, -0.2) is 35.6 Å². The Hall–Kier alpha value is -1.91. The molecule has 5 nitrogen and oxygen atoms in total. The molecule has 0 unspecified atom stereocenters. The number of methoxy groups -OCH3 is 1. The summed E-state index contributed by atoms with van der Waals surface area (Å²) in [7, 11) is 1.35. The minimum absolute atomic E-state index is 0.195. The monoisotopic (exact) mass is 249 g/mol. The first-order chi connectivity index (χ1) is 8.51. The van der Waals surface area contributed by atoms with Gasteiger partial charge in [-0.2, -0.15) is 0 Å². The average Bonchev–Trinajstić information content (AvgIpc) is 2.34. The summed E-state index contributed by atoms with van der Waals surface area (Å²) in [5.41, 5.74) is 0.374. The summed E-state index contributed by atoms with van der Waals surface area (Å²) in [6, 6.07) is 0.195. The van der Waals surface area contributed by atoms with E-state index in [1.807, 2.05) is 18.7 Å². The normalized spacial score (nSPS) is 10.3. The highest BCUT2D eigenvalue weighted by Gasteiger charge is 2.20. The lowest BCUT2D eigenvalue weighted by Gasteiger charge is -2.27. The van der Waals surface area contributed by atoms with Gasteiger partial charge in [-0.1, -0.05) is 6.08 Å². The molecule has 1 aromatic heterocycles. The molecule has 0 fully saturated rings. The number of ether oxygens (including phenoxy) is 1. The molecule has 0 bridgehead atoms. The fourth-order valence-electron chi connectivity index (χ4n) is 1.61. The van der Waals surface area contributed by atoms with E-state index in [9.17, 15) is 4.79 Å². The third-order valence-electron chi connectivity index (χ3n) is 2.52. The third kappa shape index (κ3) is 3.06. The molecule has 1 heterocycles. The lowest BCUT2D eigenvalue weighted by Crippen LogP contribution is -2.33. The highest BCUT2D eigenvalue weighted by atomic mass is 16.5. The molecule has 0 aliphatic heterocycles. The molecule has 0 saturated heterocycles. The van der Waals surface area contributed by atoms with E-state index >= 15 is 0 Å². The van der Waals surface area contributed by atoms with Gasteiger partial charge in [0.15, 0.2) is 0 Å². The van der Waals surface area contributed by atoms with E-state index < -0.39 is 5.97 Å². The number of aromatic nitrogens is 2. The number of hydrogen-bond acceptors (Lipinski definition) is 5. The van der Waals surface area contributed by atoms with Crippen LogP contribution in [0.3, 0.4) is 0 Å². The highest BCUT2D eigenvalue weighted by molar-refractivity contribution is 5.94. The highest BCUT2D eigenvalue weighted by Crippen LogP contribution is 2.20. The summed E-state index contributed by atoms with van der Waals surface area (Å²) < 4.78 is 4.75. The van der Waals surface area contributed by atoms with Crippen molar-refractivity contribution in [1.82, 2.24) is 9.97 Å². The van der Waals surface area contributed by atoms with Gasteiger partial charge in [-0.25, -0.2) is 14.8 Å². The van der Waals surface area contributed by atoms with Crippen molar-refractivity contribution in [3.63, 3.8) is 0 Å². The van der Waals surface area contributed by atoms with Crippen molar-refractivity contribution < 1.29 is 9.53 Å². The van der Waals surface area contributed by atoms with Crippen molar-refractivity contribution in [2.45, 2.75) is 26.8 Å². The molecule has 0 radical (unpaired) electrons. The van der Waals surface area contributed by atoms with Gasteiger partial charge in [0, 0.05) is 18.8 Å². The van der Waals surface area contributed by atoms with Gasteiger partial charge >= 0.3 is 5.97 Å². The van der Waals surface area contributed by atoms with Gasteiger partial charge in [0.05, 0.1) is 7.11 Å². The molecule has 1 rings (SSSR count). The predicted molar refractivity (Wildman–Crippen MR) is 70.8 cm³/mol. The van der Waals surface area contributed by atoms with Crippen molar-refractivity contribution >= 4 is 11.8 Å². The lowest BCUT2D eigenvalue weighted by atomic mass is 10.2. The number of hydrogen-bond donors (Lipinski definition) is 0. The number of rotatable bonds is 5. The summed E-state index contributed by atoms with van der Waals surface area (Å²) in [6.07, 6.45) is 3.28. The quantitative estimate of drug-likeness (QED) is 0.590. The number of aryl methyl sites for hydroxylation is 1. The Morgan fingerprint density at radius 1 is 1.61 bits per heavy atom. The van der Waals surface area contributed by atoms with Crippen molar-refractivity contribution in [2.75, 3.05) is 18.6 Å². The third-order valence-corrected chi connectivity index (χ3v) is 2.52. The summed E-state index contributed by atoms with van der Waals surface area (Å²) in [5.74, 6) is 0.774. The van der Waals surface area contributed by atoms with Gasteiger partial charge in [-0.3, -0.25) is 0 Å². The van der Waals surface area contributed by atoms with E-state index in [1.54, 1.807) is 13.0 Å². The number of carbonyl (C=O) groups excluding carboxylic acids is 1. The zero-order valence-corrected chi connectivity index (χ0v) is 11.3. The second kappa shape index (κ2) is 6.14. The van der Waals surface area contributed by atoms with Crippen LogP contribution >= 0.6 is 0 Å². The number of esters is 1. The van der Waals surface area contributed by atoms with Crippen LogP contribution in [0.1, 0.15) is 30.0 Å². The Morgan fingerprint density at radius 3 is 2.78 bits per heavy atom. The largest absolute Gasteiger partial charge is 0.465 e. The standard InChI is InChI=1S/C13H19N3O2/c1-6-7-16(9(2)3)12-11(13(17)18-5)8-14-10(4)15-12/h6,8-9H,1,7H2,2-5H3. The van der Waals surface area contributed by atoms with Crippen LogP contribution in [0.2, 0.25) is 0 Å². The van der Waals surface area contributed by atoms with Gasteiger partial charge in [-0.15, -0.1) is 6.58 Å². The summed E-state index contributed by atoms with van der Waals surface area (Å²) in [6.45, 7) is 10.2. The van der Waals surface area contributed by atoms with Crippen molar-refractivity contribution in [2.24, 2.45) is 0 Å². The van der Waals surface area contributed by atoms with Crippen molar-refractivity contribution in [3.8, 4) is 0 Å². The molecule has 0 atom stereocenters. The van der Waals surface area contributed by atoms with Gasteiger partial charge in [0.2, 0.25) is 0 Å². The Labute approximate surface area is 108 Å². The minimum Gasteiger partial charge on any atom is -0.465 e. The van der Waals surface area contributed by atoms with E-state index in [1.165, 1.54) is 13.3 Å². The molecule has 5 heteroatoms. The Bertz CT molecular complexity index is 444. The minimum atomic E-state index is -0.431. The first kappa shape index (κ1) is 14.2. The zero-order chi connectivity index (χ0) is 13.7. The van der Waals surface area contributed by atoms with Crippen molar-refractivity contribution in [1.29, 1.82) is 0 Å². The first-order valence-corrected chi connectivity index (χ1v) is 5.80. The molecule has 0 aromatic carbocycles. The van der Waals surface area contributed by atoms with Crippen LogP contribution in [0.25, 0.3) is 0 Å². The Morgan fingerprint density at radius 2 is 2.28 bits per heavy atom. The lowest BCUT2D eigenvalue weighted by molar-refractivity contribution is 0.0600. The van der Waals surface area contributed by atoms with Gasteiger partial charge in [0.1, 0.15) is 17.2 Å². The van der Waals surface area contributed by atoms with Crippen LogP contribution in [0, 0.1) is 6.92 Å². The molecule has 0 aliphatic rings. The fourth-order valence-corrected chi connectivity index (χ4v) is 1.61. The number of anilines is 1. The summed E-state index contributed by atoms with van der Waals surface area (Å²) in [5, 5.41) is 0. The predicted octanol–water partition coefficient (Wildman–Crippen LogP) is 1.97. The fraction of sp³-hybridized carbons (Fsp3) is 0.462. The second-order valence-electron chi connectivity index (χ2n) is 4.18. The molecule has 18 heavy (non-hydrogen) atoms. The van der Waals surface area contributed by atoms with Gasteiger partial charge in [-0.05, 0) is 20.8 Å². The topological polar surface area (TPSA) is 55.3 Å². The first-order valence-electron chi connectivity index (χ1n) is 5.80. The molecule has 0 spiro atoms. The molecular formula is C13H19N3O2. The Kier molecular flexibility index (Phi) is 4.83. The smallest absolute Gasteiger partial charge is 0.343 e. The molecule has 0 saturated carbocycles. The SMILES string of the molecule is C=CCN(c1nc(C)ncc1C(=O)OC)C(C)C. The number of nitrogens with zero attached hydrogens (tertiary/aromatic N) is 3. The summed E-state index contributed by atoms with van der Waals surface area (Å²) >= 11 is 0. The maximum atomic E-state index is 11.7. The Balaban J connectivity index is 3.29.